The highest BCUT2D eigenvalue weighted by Gasteiger charge is 2.33. The summed E-state index contributed by atoms with van der Waals surface area (Å²) in [5.41, 5.74) is 4.01. The van der Waals surface area contributed by atoms with E-state index in [1.165, 1.54) is 10.5 Å². The van der Waals surface area contributed by atoms with Crippen LogP contribution in [0.25, 0.3) is 5.69 Å². The van der Waals surface area contributed by atoms with Crippen molar-refractivity contribution in [1.82, 2.24) is 15.1 Å². The highest BCUT2D eigenvalue weighted by Crippen LogP contribution is 2.43. The fourth-order valence-electron chi connectivity index (χ4n) is 3.79. The van der Waals surface area contributed by atoms with E-state index < -0.39 is 0 Å². The lowest BCUT2D eigenvalue weighted by Crippen LogP contribution is -2.31. The van der Waals surface area contributed by atoms with Crippen LogP contribution in [-0.4, -0.2) is 21.4 Å². The topological polar surface area (TPSA) is 46.9 Å². The van der Waals surface area contributed by atoms with Gasteiger partial charge in [0.15, 0.2) is 0 Å². The van der Waals surface area contributed by atoms with E-state index in [1.54, 1.807) is 6.20 Å². The molecular formula is C22H21N3OS. The van der Waals surface area contributed by atoms with Crippen LogP contribution in [0.4, 0.5) is 0 Å². The molecule has 1 aliphatic carbocycles. The van der Waals surface area contributed by atoms with Crippen molar-refractivity contribution in [1.29, 1.82) is 0 Å². The van der Waals surface area contributed by atoms with Crippen LogP contribution in [0.15, 0.2) is 65.7 Å². The summed E-state index contributed by atoms with van der Waals surface area (Å²) in [5, 5.41) is 7.83. The number of fused-ring (bicyclic) bond motifs is 1. The number of rotatable bonds is 4. The van der Waals surface area contributed by atoms with Crippen LogP contribution in [0.5, 0.6) is 0 Å². The third-order valence-corrected chi connectivity index (χ3v) is 6.40. The van der Waals surface area contributed by atoms with Crippen molar-refractivity contribution in [2.45, 2.75) is 36.1 Å². The lowest BCUT2D eigenvalue weighted by atomic mass is 10.0. The molecule has 1 aliphatic heterocycles. The van der Waals surface area contributed by atoms with Crippen molar-refractivity contribution < 1.29 is 4.79 Å². The molecule has 3 aromatic rings. The van der Waals surface area contributed by atoms with Gasteiger partial charge < -0.3 is 5.32 Å². The third kappa shape index (κ3) is 3.16. The summed E-state index contributed by atoms with van der Waals surface area (Å²) < 4.78 is 1.94. The van der Waals surface area contributed by atoms with E-state index in [-0.39, 0.29) is 11.9 Å². The number of aromatic nitrogens is 2. The van der Waals surface area contributed by atoms with Gasteiger partial charge in [-0.3, -0.25) is 4.79 Å². The average Bonchev–Trinajstić information content (AvgIpc) is 3.46. The number of thioether (sulfide) groups is 1. The number of carbonyl (C=O) groups excluding carboxylic acids is 1. The molecule has 1 amide bonds. The van der Waals surface area contributed by atoms with Gasteiger partial charge in [0.1, 0.15) is 0 Å². The van der Waals surface area contributed by atoms with Gasteiger partial charge in [0.2, 0.25) is 0 Å². The Hall–Kier alpha value is -2.53. The van der Waals surface area contributed by atoms with Crippen molar-refractivity contribution in [3.05, 3.63) is 77.6 Å². The Morgan fingerprint density at radius 3 is 2.63 bits per heavy atom. The smallest absolute Gasteiger partial charge is 0.255 e. The van der Waals surface area contributed by atoms with Crippen LogP contribution in [0, 0.1) is 0 Å². The molecular weight excluding hydrogens is 354 g/mol. The number of nitrogens with zero attached hydrogens (tertiary/aromatic N) is 2. The Bertz CT molecular complexity index is 978. The van der Waals surface area contributed by atoms with E-state index in [0.29, 0.717) is 5.92 Å². The zero-order valence-electron chi connectivity index (χ0n) is 15.0. The summed E-state index contributed by atoms with van der Waals surface area (Å²) in [5.74, 6) is 1.45. The van der Waals surface area contributed by atoms with Crippen LogP contribution in [-0.2, 0) is 0 Å². The van der Waals surface area contributed by atoms with Gasteiger partial charge in [-0.15, -0.1) is 11.8 Å². The van der Waals surface area contributed by atoms with Crippen molar-refractivity contribution in [2.75, 3.05) is 5.75 Å². The molecule has 0 radical (unpaired) electrons. The van der Waals surface area contributed by atoms with E-state index in [4.69, 9.17) is 0 Å². The standard InChI is InChI=1S/C22H21N3OS/c26-22(24-19-12-13-27-20-9-5-4-8-17(19)20)18-14-23-25(21(18)15-10-11-15)16-6-2-1-3-7-16/h1-9,14-15,19H,10-13H2,(H,24,26)/t19-/m1/s1. The van der Waals surface area contributed by atoms with E-state index in [1.807, 2.05) is 52.8 Å². The molecule has 0 bridgehead atoms. The molecule has 1 aromatic heterocycles. The number of amides is 1. The maximum absolute atomic E-state index is 13.1. The first kappa shape index (κ1) is 16.6. The molecule has 2 aromatic carbocycles. The Labute approximate surface area is 163 Å². The van der Waals surface area contributed by atoms with Gasteiger partial charge in [0.25, 0.3) is 5.91 Å². The second-order valence-corrected chi connectivity index (χ2v) is 8.30. The maximum atomic E-state index is 13.1. The number of benzene rings is 2. The van der Waals surface area contributed by atoms with Crippen LogP contribution >= 0.6 is 11.8 Å². The van der Waals surface area contributed by atoms with Gasteiger partial charge in [0, 0.05) is 16.6 Å². The normalized spacial score (nSPS) is 18.7. The van der Waals surface area contributed by atoms with Gasteiger partial charge in [-0.1, -0.05) is 36.4 Å². The highest BCUT2D eigenvalue weighted by molar-refractivity contribution is 7.99. The first-order chi connectivity index (χ1) is 13.3. The second kappa shape index (κ2) is 6.89. The number of carbonyl (C=O) groups is 1. The van der Waals surface area contributed by atoms with E-state index in [9.17, 15) is 4.79 Å². The summed E-state index contributed by atoms with van der Waals surface area (Å²) in [7, 11) is 0. The van der Waals surface area contributed by atoms with Crippen LogP contribution in [0.1, 0.15) is 52.8 Å². The maximum Gasteiger partial charge on any atom is 0.255 e. The van der Waals surface area contributed by atoms with Crippen molar-refractivity contribution in [2.24, 2.45) is 0 Å². The molecule has 5 rings (SSSR count). The zero-order chi connectivity index (χ0) is 18.2. The highest BCUT2D eigenvalue weighted by atomic mass is 32.2. The van der Waals surface area contributed by atoms with Gasteiger partial charge >= 0.3 is 0 Å². The van der Waals surface area contributed by atoms with Crippen molar-refractivity contribution in [3.63, 3.8) is 0 Å². The van der Waals surface area contributed by atoms with Crippen molar-refractivity contribution in [3.8, 4) is 5.69 Å². The SMILES string of the molecule is O=C(N[C@@H]1CCSc2ccccc21)c1cnn(-c2ccccc2)c1C1CC1. The Kier molecular flexibility index (Phi) is 4.24. The predicted octanol–water partition coefficient (Wildman–Crippen LogP) is 4.72. The van der Waals surface area contributed by atoms with Crippen LogP contribution < -0.4 is 5.32 Å². The molecule has 2 heterocycles. The summed E-state index contributed by atoms with van der Waals surface area (Å²) in [6, 6.07) is 18.5. The first-order valence-corrected chi connectivity index (χ1v) is 10.5. The summed E-state index contributed by atoms with van der Waals surface area (Å²) in [6.45, 7) is 0. The van der Waals surface area contributed by atoms with Crippen molar-refractivity contribution >= 4 is 17.7 Å². The Morgan fingerprint density at radius 1 is 1.04 bits per heavy atom. The predicted molar refractivity (Wildman–Crippen MR) is 108 cm³/mol. The minimum atomic E-state index is -0.00853. The first-order valence-electron chi connectivity index (χ1n) is 9.47. The Balaban J connectivity index is 1.46. The molecule has 4 nitrogen and oxygen atoms in total. The molecule has 1 saturated carbocycles. The van der Waals surface area contributed by atoms with Gasteiger partial charge in [0.05, 0.1) is 29.2 Å². The lowest BCUT2D eigenvalue weighted by Gasteiger charge is -2.25. The number of para-hydroxylation sites is 1. The minimum Gasteiger partial charge on any atom is -0.345 e. The molecule has 0 spiro atoms. The minimum absolute atomic E-state index is 0.00853. The van der Waals surface area contributed by atoms with E-state index >= 15 is 0 Å². The van der Waals surface area contributed by atoms with E-state index in [0.717, 1.165) is 42.0 Å². The molecule has 5 heteroatoms. The van der Waals surface area contributed by atoms with Crippen LogP contribution in [0.3, 0.4) is 0 Å². The largest absolute Gasteiger partial charge is 0.345 e. The van der Waals surface area contributed by atoms with Gasteiger partial charge in [-0.25, -0.2) is 4.68 Å². The number of hydrogen-bond acceptors (Lipinski definition) is 3. The third-order valence-electron chi connectivity index (χ3n) is 5.28. The summed E-state index contributed by atoms with van der Waals surface area (Å²) in [6.07, 6.45) is 4.95. The lowest BCUT2D eigenvalue weighted by molar-refractivity contribution is 0.0934. The molecule has 1 atom stereocenters. The fraction of sp³-hybridized carbons (Fsp3) is 0.273. The monoisotopic (exact) mass is 375 g/mol. The molecule has 27 heavy (non-hydrogen) atoms. The molecule has 0 saturated heterocycles. The van der Waals surface area contributed by atoms with E-state index in [2.05, 4.69) is 28.6 Å². The number of hydrogen-bond donors (Lipinski definition) is 1. The zero-order valence-corrected chi connectivity index (χ0v) is 15.8. The van der Waals surface area contributed by atoms with Crippen LogP contribution in [0.2, 0.25) is 0 Å². The fourth-order valence-corrected chi connectivity index (χ4v) is 4.91. The summed E-state index contributed by atoms with van der Waals surface area (Å²) in [4.78, 5) is 14.4. The molecule has 0 unspecified atom stereocenters. The number of nitrogens with one attached hydrogen (secondary N) is 1. The molecule has 1 fully saturated rings. The molecule has 136 valence electrons. The quantitative estimate of drug-likeness (QED) is 0.718. The molecule has 1 N–H and O–H groups in total. The second-order valence-electron chi connectivity index (χ2n) is 7.17. The van der Waals surface area contributed by atoms with Gasteiger partial charge in [-0.05, 0) is 43.0 Å². The molecule has 2 aliphatic rings. The van der Waals surface area contributed by atoms with Gasteiger partial charge in [-0.2, -0.15) is 5.10 Å². The Morgan fingerprint density at radius 2 is 1.81 bits per heavy atom. The average molecular weight is 375 g/mol. The summed E-state index contributed by atoms with van der Waals surface area (Å²) >= 11 is 1.87.